The number of hydrazine groups is 1. The fourth-order valence-corrected chi connectivity index (χ4v) is 5.10. The average molecular weight is 487 g/mol. The van der Waals surface area contributed by atoms with Crippen molar-refractivity contribution in [2.45, 2.75) is 32.6 Å². The molecule has 0 aliphatic carbocycles. The number of nitrogens with one attached hydrogen (secondary N) is 2. The van der Waals surface area contributed by atoms with E-state index in [-0.39, 0.29) is 11.9 Å². The van der Waals surface area contributed by atoms with E-state index in [4.69, 9.17) is 4.74 Å². The highest BCUT2D eigenvalue weighted by atomic mass is 32.1. The van der Waals surface area contributed by atoms with Crippen LogP contribution < -0.4 is 15.5 Å². The molecule has 1 aromatic carbocycles. The Morgan fingerprint density at radius 1 is 1.12 bits per heavy atom. The Labute approximate surface area is 205 Å². The number of likely N-dealkylation sites (tertiary alicyclic amines) is 1. The van der Waals surface area contributed by atoms with Crippen LogP contribution in [0.15, 0.2) is 23.6 Å². The van der Waals surface area contributed by atoms with Crippen LogP contribution in [0.2, 0.25) is 0 Å². The van der Waals surface area contributed by atoms with E-state index in [1.165, 1.54) is 16.9 Å². The summed E-state index contributed by atoms with van der Waals surface area (Å²) in [7, 11) is 1.65. The molecule has 0 saturated carbocycles. The van der Waals surface area contributed by atoms with Gasteiger partial charge in [-0.05, 0) is 37.0 Å². The number of carbonyl (C=O) groups is 2. The normalized spacial score (nSPS) is 17.1. The smallest absolute Gasteiger partial charge is 0.335 e. The molecule has 2 saturated heterocycles. The fourth-order valence-electron chi connectivity index (χ4n) is 4.40. The molecule has 2 N–H and O–H groups in total. The first-order valence-corrected chi connectivity index (χ1v) is 12.9. The van der Waals surface area contributed by atoms with Crippen LogP contribution in [0.25, 0.3) is 11.3 Å². The van der Waals surface area contributed by atoms with E-state index in [0.29, 0.717) is 24.8 Å². The summed E-state index contributed by atoms with van der Waals surface area (Å²) in [5, 5.41) is 7.19. The van der Waals surface area contributed by atoms with Gasteiger partial charge >= 0.3 is 6.03 Å². The zero-order chi connectivity index (χ0) is 23.9. The fraction of sp³-hybridized carbons (Fsp3) is 0.542. The molecule has 3 amide bonds. The molecule has 0 radical (unpaired) electrons. The summed E-state index contributed by atoms with van der Waals surface area (Å²) in [6, 6.07) is 5.84. The third-order valence-corrected chi connectivity index (χ3v) is 7.01. The monoisotopic (exact) mass is 486 g/mol. The van der Waals surface area contributed by atoms with Crippen molar-refractivity contribution in [3.05, 3.63) is 29.1 Å². The van der Waals surface area contributed by atoms with Gasteiger partial charge in [-0.3, -0.25) is 20.4 Å². The lowest BCUT2D eigenvalue weighted by molar-refractivity contribution is -0.131. The molecular weight excluding hydrogens is 452 g/mol. The van der Waals surface area contributed by atoms with Crippen LogP contribution in [0.4, 0.5) is 9.93 Å². The van der Waals surface area contributed by atoms with Crippen LogP contribution in [0, 0.1) is 0 Å². The number of thiazole rings is 1. The van der Waals surface area contributed by atoms with Crippen molar-refractivity contribution in [3.63, 3.8) is 0 Å². The Bertz CT molecular complexity index is 983. The minimum Gasteiger partial charge on any atom is -0.496 e. The number of hydrogen-bond donors (Lipinski definition) is 2. The van der Waals surface area contributed by atoms with E-state index < -0.39 is 0 Å². The van der Waals surface area contributed by atoms with Crippen LogP contribution in [0.3, 0.4) is 0 Å². The standard InChI is InChI=1S/C24H34N6O3S/c1-3-6-18-7-8-21(33-2)19(15-18)20-17-34-24(25-20)26-23(32)27-30-13-11-28(12-14-30)16-22(31)29-9-4-5-10-29/h7-8,15,17H,3-6,9-14,16H2,1-2H3,(H2,25,26,27,32). The number of urea groups is 1. The van der Waals surface area contributed by atoms with Crippen LogP contribution in [0.1, 0.15) is 31.7 Å². The highest BCUT2D eigenvalue weighted by molar-refractivity contribution is 7.14. The van der Waals surface area contributed by atoms with E-state index >= 15 is 0 Å². The molecule has 34 heavy (non-hydrogen) atoms. The molecule has 10 heteroatoms. The lowest BCUT2D eigenvalue weighted by Gasteiger charge is -2.34. The maximum absolute atomic E-state index is 12.5. The second-order valence-electron chi connectivity index (χ2n) is 8.74. The van der Waals surface area contributed by atoms with Gasteiger partial charge in [0.1, 0.15) is 5.75 Å². The SMILES string of the molecule is CCCc1ccc(OC)c(-c2csc(NC(=O)NN3CCN(CC(=O)N4CCCC4)CC3)n2)c1. The minimum atomic E-state index is -0.311. The molecule has 184 valence electrons. The number of methoxy groups -OCH3 is 1. The molecule has 2 fully saturated rings. The molecular formula is C24H34N6O3S. The first-order valence-electron chi connectivity index (χ1n) is 12.0. The number of hydrogen-bond acceptors (Lipinski definition) is 7. The van der Waals surface area contributed by atoms with Gasteiger partial charge in [-0.2, -0.15) is 0 Å². The van der Waals surface area contributed by atoms with Gasteiger partial charge in [0.2, 0.25) is 5.91 Å². The summed E-state index contributed by atoms with van der Waals surface area (Å²) in [5.74, 6) is 0.982. The Morgan fingerprint density at radius 2 is 1.88 bits per heavy atom. The van der Waals surface area contributed by atoms with Crippen LogP contribution in [-0.4, -0.2) is 84.7 Å². The summed E-state index contributed by atoms with van der Waals surface area (Å²) in [6.45, 7) is 7.22. The first-order chi connectivity index (χ1) is 16.6. The molecule has 0 atom stereocenters. The van der Waals surface area contributed by atoms with Crippen molar-refractivity contribution < 1.29 is 14.3 Å². The first kappa shape index (κ1) is 24.4. The molecule has 2 aliphatic rings. The molecule has 0 spiro atoms. The predicted octanol–water partition coefficient (Wildman–Crippen LogP) is 3.05. The van der Waals surface area contributed by atoms with Crippen molar-refractivity contribution in [1.82, 2.24) is 25.2 Å². The third kappa shape index (κ3) is 6.25. The van der Waals surface area contributed by atoms with Gasteiger partial charge in [0, 0.05) is 50.2 Å². The second-order valence-corrected chi connectivity index (χ2v) is 9.60. The molecule has 4 rings (SSSR count). The highest BCUT2D eigenvalue weighted by Crippen LogP contribution is 2.33. The van der Waals surface area contributed by atoms with Crippen molar-refractivity contribution in [2.24, 2.45) is 0 Å². The van der Waals surface area contributed by atoms with E-state index in [2.05, 4.69) is 39.7 Å². The van der Waals surface area contributed by atoms with E-state index in [9.17, 15) is 9.59 Å². The van der Waals surface area contributed by atoms with Crippen LogP contribution in [-0.2, 0) is 11.2 Å². The van der Waals surface area contributed by atoms with Gasteiger partial charge in [-0.25, -0.2) is 14.8 Å². The van der Waals surface area contributed by atoms with E-state index in [0.717, 1.165) is 68.9 Å². The maximum Gasteiger partial charge on any atom is 0.335 e. The lowest BCUT2D eigenvalue weighted by atomic mass is 10.0. The molecule has 3 heterocycles. The highest BCUT2D eigenvalue weighted by Gasteiger charge is 2.24. The largest absolute Gasteiger partial charge is 0.496 e. The zero-order valence-electron chi connectivity index (χ0n) is 20.0. The lowest BCUT2D eigenvalue weighted by Crippen LogP contribution is -2.55. The third-order valence-electron chi connectivity index (χ3n) is 6.25. The molecule has 2 aliphatic heterocycles. The van der Waals surface area contributed by atoms with Gasteiger partial charge in [0.15, 0.2) is 5.13 Å². The Balaban J connectivity index is 1.26. The predicted molar refractivity (Wildman–Crippen MR) is 134 cm³/mol. The minimum absolute atomic E-state index is 0.216. The number of piperazine rings is 1. The zero-order valence-corrected chi connectivity index (χ0v) is 20.8. The summed E-state index contributed by atoms with van der Waals surface area (Å²) >= 11 is 1.38. The number of rotatable bonds is 8. The average Bonchev–Trinajstić information content (AvgIpc) is 3.53. The number of carbonyl (C=O) groups excluding carboxylic acids is 2. The summed E-state index contributed by atoms with van der Waals surface area (Å²) in [6.07, 6.45) is 4.28. The topological polar surface area (TPSA) is 90.0 Å². The van der Waals surface area contributed by atoms with E-state index in [1.807, 2.05) is 21.4 Å². The van der Waals surface area contributed by atoms with Gasteiger partial charge in [0.05, 0.1) is 19.3 Å². The van der Waals surface area contributed by atoms with Crippen LogP contribution >= 0.6 is 11.3 Å². The summed E-state index contributed by atoms with van der Waals surface area (Å²) in [4.78, 5) is 33.6. The molecule has 1 aromatic heterocycles. The Kier molecular flexibility index (Phi) is 8.36. The molecule has 0 bridgehead atoms. The number of benzene rings is 1. The number of anilines is 1. The number of ether oxygens (including phenoxy) is 1. The van der Waals surface area contributed by atoms with Gasteiger partial charge in [0.25, 0.3) is 0 Å². The quantitative estimate of drug-likeness (QED) is 0.596. The summed E-state index contributed by atoms with van der Waals surface area (Å²) in [5.41, 5.74) is 5.85. The van der Waals surface area contributed by atoms with E-state index in [1.54, 1.807) is 7.11 Å². The van der Waals surface area contributed by atoms with Crippen molar-refractivity contribution in [3.8, 4) is 17.0 Å². The van der Waals surface area contributed by atoms with Gasteiger partial charge in [-0.15, -0.1) is 11.3 Å². The molecule has 2 aromatic rings. The molecule has 9 nitrogen and oxygen atoms in total. The number of nitrogens with zero attached hydrogens (tertiary/aromatic N) is 4. The van der Waals surface area contributed by atoms with Gasteiger partial charge < -0.3 is 9.64 Å². The number of aryl methyl sites for hydroxylation is 1. The van der Waals surface area contributed by atoms with Crippen molar-refractivity contribution >= 4 is 28.4 Å². The van der Waals surface area contributed by atoms with Crippen molar-refractivity contribution in [2.75, 3.05) is 58.2 Å². The molecule has 0 unspecified atom stereocenters. The maximum atomic E-state index is 12.5. The second kappa shape index (κ2) is 11.6. The number of amides is 3. The summed E-state index contributed by atoms with van der Waals surface area (Å²) < 4.78 is 5.52. The number of aromatic nitrogens is 1. The van der Waals surface area contributed by atoms with Crippen molar-refractivity contribution in [1.29, 1.82) is 0 Å². The Hall–Kier alpha value is -2.69. The van der Waals surface area contributed by atoms with Crippen LogP contribution in [0.5, 0.6) is 5.75 Å². The Morgan fingerprint density at radius 3 is 2.59 bits per heavy atom. The van der Waals surface area contributed by atoms with Gasteiger partial charge in [-0.1, -0.05) is 19.4 Å².